The van der Waals surface area contributed by atoms with Gasteiger partial charge in [0, 0.05) is 17.0 Å². The summed E-state index contributed by atoms with van der Waals surface area (Å²) in [6, 6.07) is 14.5. The molecule has 0 spiro atoms. The van der Waals surface area contributed by atoms with Gasteiger partial charge in [-0.1, -0.05) is 23.4 Å². The van der Waals surface area contributed by atoms with Gasteiger partial charge in [-0.2, -0.15) is 0 Å². The van der Waals surface area contributed by atoms with Crippen molar-refractivity contribution in [2.75, 3.05) is 21.3 Å². The van der Waals surface area contributed by atoms with E-state index in [2.05, 4.69) is 10.5 Å². The number of hydrogen-bond acceptors (Lipinski definition) is 7. The molecule has 0 aliphatic heterocycles. The molecule has 0 aliphatic carbocycles. The fourth-order valence-electron chi connectivity index (χ4n) is 3.10. The molecule has 0 fully saturated rings. The van der Waals surface area contributed by atoms with Crippen molar-refractivity contribution in [3.8, 4) is 28.8 Å². The van der Waals surface area contributed by atoms with Crippen molar-refractivity contribution in [1.82, 2.24) is 10.5 Å². The zero-order chi connectivity index (χ0) is 21.1. The first kappa shape index (κ1) is 19.4. The van der Waals surface area contributed by atoms with Crippen molar-refractivity contribution in [2.45, 2.75) is 6.54 Å². The lowest BCUT2D eigenvalue weighted by Gasteiger charge is -2.13. The van der Waals surface area contributed by atoms with Gasteiger partial charge < -0.3 is 28.5 Å². The van der Waals surface area contributed by atoms with Gasteiger partial charge in [-0.25, -0.2) is 0 Å². The minimum absolute atomic E-state index is 0.180. The molecular weight excluding hydrogens is 388 g/mol. The third kappa shape index (κ3) is 3.67. The fourth-order valence-corrected chi connectivity index (χ4v) is 3.10. The highest BCUT2D eigenvalue weighted by molar-refractivity contribution is 5.95. The molecule has 4 aromatic rings. The van der Waals surface area contributed by atoms with Gasteiger partial charge in [-0.3, -0.25) is 4.79 Å². The lowest BCUT2D eigenvalue weighted by molar-refractivity contribution is 0.0949. The van der Waals surface area contributed by atoms with Crippen LogP contribution in [0.2, 0.25) is 0 Å². The monoisotopic (exact) mass is 408 g/mol. The van der Waals surface area contributed by atoms with Gasteiger partial charge in [0.1, 0.15) is 11.3 Å². The number of fused-ring (bicyclic) bond motifs is 1. The molecular formula is C22H20N2O6. The number of carbonyl (C=O) groups excluding carboxylic acids is 1. The van der Waals surface area contributed by atoms with Crippen LogP contribution in [-0.4, -0.2) is 32.4 Å². The topological polar surface area (TPSA) is 96.0 Å². The Hall–Kier alpha value is -3.94. The lowest BCUT2D eigenvalue weighted by atomic mass is 10.1. The van der Waals surface area contributed by atoms with Crippen LogP contribution in [-0.2, 0) is 6.54 Å². The number of aromatic nitrogens is 1. The van der Waals surface area contributed by atoms with Crippen molar-refractivity contribution in [3.05, 3.63) is 59.8 Å². The van der Waals surface area contributed by atoms with Crippen LogP contribution in [0.1, 0.15) is 16.1 Å². The Kier molecular flexibility index (Phi) is 5.30. The Morgan fingerprint density at radius 2 is 1.70 bits per heavy atom. The third-order valence-electron chi connectivity index (χ3n) is 4.58. The summed E-state index contributed by atoms with van der Waals surface area (Å²) in [6.45, 7) is 0.180. The van der Waals surface area contributed by atoms with E-state index in [9.17, 15) is 4.79 Å². The van der Waals surface area contributed by atoms with Gasteiger partial charge in [0.15, 0.2) is 17.3 Å². The van der Waals surface area contributed by atoms with E-state index < -0.39 is 0 Å². The molecule has 154 valence electrons. The Balaban J connectivity index is 1.48. The first-order valence-corrected chi connectivity index (χ1v) is 9.15. The smallest absolute Gasteiger partial charge is 0.251 e. The molecule has 2 heterocycles. The van der Waals surface area contributed by atoms with Crippen LogP contribution in [0.5, 0.6) is 17.2 Å². The molecule has 0 saturated heterocycles. The number of rotatable bonds is 7. The summed E-state index contributed by atoms with van der Waals surface area (Å²) in [6.07, 6.45) is 0. The van der Waals surface area contributed by atoms with Crippen LogP contribution in [0.3, 0.4) is 0 Å². The summed E-state index contributed by atoms with van der Waals surface area (Å²) in [5, 5.41) is 7.78. The van der Waals surface area contributed by atoms with E-state index in [1.54, 1.807) is 18.2 Å². The summed E-state index contributed by atoms with van der Waals surface area (Å²) in [4.78, 5) is 12.6. The number of methoxy groups -OCH3 is 3. The highest BCUT2D eigenvalue weighted by atomic mass is 16.5. The summed E-state index contributed by atoms with van der Waals surface area (Å²) in [5.74, 6) is 1.96. The number of nitrogens with zero attached hydrogens (tertiary/aromatic N) is 1. The molecule has 1 N–H and O–H groups in total. The van der Waals surface area contributed by atoms with Gasteiger partial charge in [0.05, 0.1) is 27.9 Å². The molecule has 0 atom stereocenters. The highest BCUT2D eigenvalue weighted by Gasteiger charge is 2.18. The van der Waals surface area contributed by atoms with Gasteiger partial charge in [-0.05, 0) is 24.3 Å². The second kappa shape index (κ2) is 8.20. The summed E-state index contributed by atoms with van der Waals surface area (Å²) in [5.41, 5.74) is 1.69. The van der Waals surface area contributed by atoms with Crippen molar-refractivity contribution >= 4 is 16.9 Å². The summed E-state index contributed by atoms with van der Waals surface area (Å²) in [7, 11) is 4.49. The molecule has 4 rings (SSSR count). The molecule has 1 amide bonds. The van der Waals surface area contributed by atoms with Gasteiger partial charge in [-0.15, -0.1) is 0 Å². The molecule has 30 heavy (non-hydrogen) atoms. The largest absolute Gasteiger partial charge is 0.493 e. The van der Waals surface area contributed by atoms with E-state index in [1.165, 1.54) is 21.3 Å². The van der Waals surface area contributed by atoms with Gasteiger partial charge >= 0.3 is 0 Å². The predicted molar refractivity (Wildman–Crippen MR) is 109 cm³/mol. The predicted octanol–water partition coefficient (Wildman–Crippen LogP) is 4.04. The molecule has 0 radical (unpaired) electrons. The number of furan rings is 1. The number of carbonyl (C=O) groups is 1. The van der Waals surface area contributed by atoms with Gasteiger partial charge in [0.2, 0.25) is 11.5 Å². The van der Waals surface area contributed by atoms with Crippen molar-refractivity contribution in [3.63, 3.8) is 0 Å². The zero-order valence-electron chi connectivity index (χ0n) is 16.7. The molecule has 8 nitrogen and oxygen atoms in total. The van der Waals surface area contributed by atoms with Crippen molar-refractivity contribution in [1.29, 1.82) is 0 Å². The molecule has 8 heteroatoms. The fraction of sp³-hybridized carbons (Fsp3) is 0.182. The quantitative estimate of drug-likeness (QED) is 0.493. The van der Waals surface area contributed by atoms with Crippen molar-refractivity contribution < 1.29 is 27.9 Å². The Morgan fingerprint density at radius 3 is 2.37 bits per heavy atom. The summed E-state index contributed by atoms with van der Waals surface area (Å²) >= 11 is 0. The highest BCUT2D eigenvalue weighted by Crippen LogP contribution is 2.38. The Labute approximate surface area is 172 Å². The van der Waals surface area contributed by atoms with Gasteiger partial charge in [0.25, 0.3) is 5.91 Å². The normalized spacial score (nSPS) is 10.8. The van der Waals surface area contributed by atoms with Crippen molar-refractivity contribution in [2.24, 2.45) is 0 Å². The molecule has 0 unspecified atom stereocenters. The molecule has 2 aromatic carbocycles. The van der Waals surface area contributed by atoms with E-state index in [-0.39, 0.29) is 12.5 Å². The number of nitrogens with one attached hydrogen (secondary N) is 1. The number of para-hydroxylation sites is 1. The summed E-state index contributed by atoms with van der Waals surface area (Å²) < 4.78 is 27.0. The number of ether oxygens (including phenoxy) is 3. The van der Waals surface area contributed by atoms with E-state index in [1.807, 2.05) is 30.3 Å². The van der Waals surface area contributed by atoms with E-state index >= 15 is 0 Å². The SMILES string of the molecule is COc1cc(C(=O)NCc2cc(-c3cc4ccccc4o3)on2)cc(OC)c1OC. The first-order chi connectivity index (χ1) is 14.6. The minimum atomic E-state index is -0.317. The third-order valence-corrected chi connectivity index (χ3v) is 4.58. The second-order valence-electron chi connectivity index (χ2n) is 6.43. The molecule has 0 bridgehead atoms. The molecule has 0 saturated carbocycles. The maximum absolute atomic E-state index is 12.6. The standard InChI is InChI=1S/C22H20N2O6/c1-26-19-9-14(10-20(27-2)21(19)28-3)22(25)23-12-15-11-18(30-24-15)17-8-13-6-4-5-7-16(13)29-17/h4-11H,12H2,1-3H3,(H,23,25). The van der Waals surface area contributed by atoms with E-state index in [4.69, 9.17) is 23.2 Å². The molecule has 2 aromatic heterocycles. The average Bonchev–Trinajstić information content (AvgIpc) is 3.43. The Bertz CT molecular complexity index is 1140. The van der Waals surface area contributed by atoms with Crippen LogP contribution in [0.25, 0.3) is 22.5 Å². The van der Waals surface area contributed by atoms with E-state index in [0.717, 1.165) is 11.0 Å². The first-order valence-electron chi connectivity index (χ1n) is 9.15. The van der Waals surface area contributed by atoms with Crippen LogP contribution >= 0.6 is 0 Å². The maximum Gasteiger partial charge on any atom is 0.251 e. The maximum atomic E-state index is 12.6. The lowest BCUT2D eigenvalue weighted by Crippen LogP contribution is -2.23. The Morgan fingerprint density at radius 1 is 0.967 bits per heavy atom. The van der Waals surface area contributed by atoms with Crippen LogP contribution in [0, 0.1) is 0 Å². The number of amides is 1. The molecule has 0 aliphatic rings. The van der Waals surface area contributed by atoms with E-state index in [0.29, 0.717) is 40.0 Å². The minimum Gasteiger partial charge on any atom is -0.493 e. The second-order valence-corrected chi connectivity index (χ2v) is 6.43. The van der Waals surface area contributed by atoms with Crippen LogP contribution in [0.4, 0.5) is 0 Å². The van der Waals surface area contributed by atoms with Crippen LogP contribution < -0.4 is 19.5 Å². The number of hydrogen-bond donors (Lipinski definition) is 1. The average molecular weight is 408 g/mol. The zero-order valence-corrected chi connectivity index (χ0v) is 16.7. The number of benzene rings is 2. The van der Waals surface area contributed by atoms with Crippen LogP contribution in [0.15, 0.2) is 57.5 Å².